The number of hydrogen-bond donors (Lipinski definition) is 2. The number of aliphatic carboxylic acids is 1. The van der Waals surface area contributed by atoms with E-state index >= 15 is 0 Å². The molecule has 5 nitrogen and oxygen atoms in total. The van der Waals surface area contributed by atoms with Crippen LogP contribution in [0.15, 0.2) is 30.3 Å². The smallest absolute Gasteiger partial charge is 0.323 e. The third-order valence-corrected chi connectivity index (χ3v) is 2.32. The first kappa shape index (κ1) is 14.2. The Morgan fingerprint density at radius 2 is 2.17 bits per heavy atom. The summed E-state index contributed by atoms with van der Waals surface area (Å²) in [5.74, 6) is -0.971. The van der Waals surface area contributed by atoms with Gasteiger partial charge in [0.05, 0.1) is 19.3 Å². The van der Waals surface area contributed by atoms with Crippen molar-refractivity contribution in [3.8, 4) is 6.07 Å². The Labute approximate surface area is 106 Å². The molecule has 1 atom stereocenters. The number of benzene rings is 1. The van der Waals surface area contributed by atoms with Gasteiger partial charge in [0.2, 0.25) is 0 Å². The number of hydrogen-bond acceptors (Lipinski definition) is 4. The van der Waals surface area contributed by atoms with Crippen molar-refractivity contribution >= 4 is 5.97 Å². The minimum absolute atomic E-state index is 0.0790. The van der Waals surface area contributed by atoms with E-state index in [0.29, 0.717) is 13.2 Å². The van der Waals surface area contributed by atoms with E-state index in [1.54, 1.807) is 0 Å². The van der Waals surface area contributed by atoms with Gasteiger partial charge < -0.3 is 15.2 Å². The number of nitriles is 1. The molecule has 0 bridgehead atoms. The van der Waals surface area contributed by atoms with Crippen LogP contribution in [0.5, 0.6) is 0 Å². The zero-order chi connectivity index (χ0) is 13.2. The zero-order valence-electron chi connectivity index (χ0n) is 10.0. The van der Waals surface area contributed by atoms with E-state index in [1.165, 1.54) is 0 Å². The monoisotopic (exact) mass is 248 g/mol. The first-order valence-electron chi connectivity index (χ1n) is 5.69. The van der Waals surface area contributed by atoms with Crippen LogP contribution in [0.3, 0.4) is 0 Å². The van der Waals surface area contributed by atoms with Gasteiger partial charge in [-0.3, -0.25) is 4.79 Å². The van der Waals surface area contributed by atoms with E-state index in [1.807, 2.05) is 36.4 Å². The first-order chi connectivity index (χ1) is 8.74. The molecule has 0 unspecified atom stereocenters. The van der Waals surface area contributed by atoms with Gasteiger partial charge in [-0.05, 0) is 5.56 Å². The van der Waals surface area contributed by atoms with Crippen molar-refractivity contribution in [1.82, 2.24) is 5.32 Å². The minimum atomic E-state index is -0.971. The van der Waals surface area contributed by atoms with Gasteiger partial charge in [0.1, 0.15) is 6.04 Å². The summed E-state index contributed by atoms with van der Waals surface area (Å²) in [5, 5.41) is 20.1. The lowest BCUT2D eigenvalue weighted by atomic mass is 10.2. The Hall–Kier alpha value is -1.90. The maximum atomic E-state index is 10.9. The largest absolute Gasteiger partial charge is 0.480 e. The molecule has 0 saturated carbocycles. The second kappa shape index (κ2) is 8.23. The molecule has 0 fully saturated rings. The summed E-state index contributed by atoms with van der Waals surface area (Å²) < 4.78 is 5.35. The molecule has 0 aliphatic heterocycles. The molecule has 96 valence electrons. The predicted molar refractivity (Wildman–Crippen MR) is 65.8 cm³/mol. The summed E-state index contributed by atoms with van der Waals surface area (Å²) in [6, 6.07) is 10.7. The molecule has 2 N–H and O–H groups in total. The Balaban J connectivity index is 2.29. The molecule has 0 amide bonds. The highest BCUT2D eigenvalue weighted by molar-refractivity contribution is 5.73. The number of nitrogens with one attached hydrogen (secondary N) is 1. The van der Waals surface area contributed by atoms with Crippen LogP contribution in [0.25, 0.3) is 0 Å². The van der Waals surface area contributed by atoms with E-state index in [0.717, 1.165) is 5.56 Å². The molecular weight excluding hydrogens is 232 g/mol. The molecule has 0 radical (unpaired) electrons. The van der Waals surface area contributed by atoms with Crippen LogP contribution in [-0.4, -0.2) is 30.3 Å². The van der Waals surface area contributed by atoms with Gasteiger partial charge in [-0.2, -0.15) is 5.26 Å². The van der Waals surface area contributed by atoms with Gasteiger partial charge in [-0.1, -0.05) is 30.3 Å². The summed E-state index contributed by atoms with van der Waals surface area (Å²) in [6.45, 7) is 0.808. The van der Waals surface area contributed by atoms with Crippen molar-refractivity contribution in [2.45, 2.75) is 19.1 Å². The van der Waals surface area contributed by atoms with Crippen LogP contribution in [-0.2, 0) is 16.1 Å². The van der Waals surface area contributed by atoms with E-state index in [4.69, 9.17) is 15.1 Å². The van der Waals surface area contributed by atoms with Crippen LogP contribution < -0.4 is 5.32 Å². The van der Waals surface area contributed by atoms with Gasteiger partial charge in [0, 0.05) is 13.0 Å². The highest BCUT2D eigenvalue weighted by Gasteiger charge is 2.16. The number of carboxylic acid groups (broad SMARTS) is 1. The number of ether oxygens (including phenoxy) is 1. The maximum absolute atomic E-state index is 10.9. The zero-order valence-corrected chi connectivity index (χ0v) is 10.0. The van der Waals surface area contributed by atoms with Crippen molar-refractivity contribution in [2.24, 2.45) is 0 Å². The molecule has 1 aromatic rings. The molecule has 0 aromatic heterocycles. The molecule has 18 heavy (non-hydrogen) atoms. The second-order valence-electron chi connectivity index (χ2n) is 3.75. The van der Waals surface area contributed by atoms with Crippen molar-refractivity contribution in [3.05, 3.63) is 35.9 Å². The lowest BCUT2D eigenvalue weighted by Crippen LogP contribution is -2.40. The Bertz CT molecular complexity index is 400. The van der Waals surface area contributed by atoms with Crippen LogP contribution in [0.2, 0.25) is 0 Å². The molecule has 0 aliphatic rings. The minimum Gasteiger partial charge on any atom is -0.480 e. The van der Waals surface area contributed by atoms with Gasteiger partial charge >= 0.3 is 5.97 Å². The number of rotatable bonds is 8. The summed E-state index contributed by atoms with van der Waals surface area (Å²) in [6.07, 6.45) is 0.280. The third kappa shape index (κ3) is 5.43. The van der Waals surface area contributed by atoms with Crippen molar-refractivity contribution in [3.63, 3.8) is 0 Å². The maximum Gasteiger partial charge on any atom is 0.323 e. The fourth-order valence-electron chi connectivity index (χ4n) is 1.39. The predicted octanol–water partition coefficient (Wildman–Crippen LogP) is 1.16. The van der Waals surface area contributed by atoms with E-state index in [9.17, 15) is 4.79 Å². The Morgan fingerprint density at radius 1 is 1.44 bits per heavy atom. The molecule has 0 spiro atoms. The Kier molecular flexibility index (Phi) is 6.47. The first-order valence-corrected chi connectivity index (χ1v) is 5.69. The van der Waals surface area contributed by atoms with E-state index in [2.05, 4.69) is 5.32 Å². The second-order valence-corrected chi connectivity index (χ2v) is 3.75. The molecular formula is C13H16N2O3. The Morgan fingerprint density at radius 3 is 2.78 bits per heavy atom. The topological polar surface area (TPSA) is 82.3 Å². The summed E-state index contributed by atoms with van der Waals surface area (Å²) in [5.41, 5.74) is 0.999. The molecule has 5 heteroatoms. The lowest BCUT2D eigenvalue weighted by molar-refractivity contribution is -0.141. The van der Waals surface area contributed by atoms with Crippen molar-refractivity contribution in [1.29, 1.82) is 5.26 Å². The molecule has 1 aromatic carbocycles. The number of carboxylic acids is 1. The third-order valence-electron chi connectivity index (χ3n) is 2.32. The fraction of sp³-hybridized carbons (Fsp3) is 0.385. The SMILES string of the molecule is N#CCCN[C@@H](COCc1ccccc1)C(=O)O. The van der Waals surface area contributed by atoms with Crippen molar-refractivity contribution in [2.75, 3.05) is 13.2 Å². The van der Waals surface area contributed by atoms with Gasteiger partial charge in [0.25, 0.3) is 0 Å². The fourth-order valence-corrected chi connectivity index (χ4v) is 1.39. The molecule has 0 heterocycles. The lowest BCUT2D eigenvalue weighted by Gasteiger charge is -2.13. The van der Waals surface area contributed by atoms with E-state index < -0.39 is 12.0 Å². The van der Waals surface area contributed by atoms with Crippen LogP contribution >= 0.6 is 0 Å². The number of nitrogens with zero attached hydrogens (tertiary/aromatic N) is 1. The molecule has 1 rings (SSSR count). The number of carbonyl (C=O) groups is 1. The van der Waals surface area contributed by atoms with E-state index in [-0.39, 0.29) is 13.0 Å². The standard InChI is InChI=1S/C13H16N2O3/c14-7-4-8-15-12(13(16)17)10-18-9-11-5-2-1-3-6-11/h1-3,5-6,12,15H,4,8-10H2,(H,16,17)/t12-/m0/s1. The highest BCUT2D eigenvalue weighted by Crippen LogP contribution is 2.01. The average molecular weight is 248 g/mol. The summed E-state index contributed by atoms with van der Waals surface area (Å²) in [4.78, 5) is 10.9. The highest BCUT2D eigenvalue weighted by atomic mass is 16.5. The summed E-state index contributed by atoms with van der Waals surface area (Å²) in [7, 11) is 0. The summed E-state index contributed by atoms with van der Waals surface area (Å²) >= 11 is 0. The van der Waals surface area contributed by atoms with Gasteiger partial charge in [-0.15, -0.1) is 0 Å². The van der Waals surface area contributed by atoms with Crippen LogP contribution in [0.1, 0.15) is 12.0 Å². The van der Waals surface area contributed by atoms with Gasteiger partial charge in [-0.25, -0.2) is 0 Å². The normalized spacial score (nSPS) is 11.7. The van der Waals surface area contributed by atoms with Crippen LogP contribution in [0, 0.1) is 11.3 Å². The van der Waals surface area contributed by atoms with Gasteiger partial charge in [0.15, 0.2) is 0 Å². The van der Waals surface area contributed by atoms with Crippen molar-refractivity contribution < 1.29 is 14.6 Å². The quantitative estimate of drug-likeness (QED) is 0.674. The average Bonchev–Trinajstić information content (AvgIpc) is 2.38. The van der Waals surface area contributed by atoms with Crippen LogP contribution in [0.4, 0.5) is 0 Å². The molecule has 0 saturated heterocycles. The molecule has 0 aliphatic carbocycles.